The third kappa shape index (κ3) is 4.52. The molecule has 1 N–H and O–H groups in total. The zero-order valence-electron chi connectivity index (χ0n) is 16.6. The van der Waals surface area contributed by atoms with Crippen LogP contribution >= 0.6 is 0 Å². The molecule has 0 spiro atoms. The summed E-state index contributed by atoms with van der Waals surface area (Å²) >= 11 is 0. The normalized spacial score (nSPS) is 28.7. The van der Waals surface area contributed by atoms with E-state index in [0.29, 0.717) is 42.9 Å². The van der Waals surface area contributed by atoms with Crippen molar-refractivity contribution >= 4 is 15.9 Å². The summed E-state index contributed by atoms with van der Waals surface area (Å²) in [6, 6.07) is 8.46. The second kappa shape index (κ2) is 8.29. The van der Waals surface area contributed by atoms with Crippen molar-refractivity contribution in [2.24, 2.45) is 11.8 Å². The summed E-state index contributed by atoms with van der Waals surface area (Å²) in [5.74, 6) is 1.45. The standard InChI is InChI=1S/C20H31N3O3S/c1-16-13-17(2)15-22(14-16)18(3)20(24)21-9-11-23(12-10-21)27(25,26)19-7-5-4-6-8-19/h4-8,16-18H,9-15H2,1-3H3/p+1/t16-,17-,18+/m1/s1. The van der Waals surface area contributed by atoms with Gasteiger partial charge in [-0.2, -0.15) is 4.31 Å². The van der Waals surface area contributed by atoms with Crippen molar-refractivity contribution in [3.8, 4) is 0 Å². The number of benzene rings is 1. The highest BCUT2D eigenvalue weighted by Crippen LogP contribution is 2.18. The van der Waals surface area contributed by atoms with Crippen LogP contribution in [0.5, 0.6) is 0 Å². The van der Waals surface area contributed by atoms with Gasteiger partial charge in [0.1, 0.15) is 0 Å². The van der Waals surface area contributed by atoms with E-state index in [4.69, 9.17) is 0 Å². The number of carbonyl (C=O) groups excluding carboxylic acids is 1. The summed E-state index contributed by atoms with van der Waals surface area (Å²) in [5.41, 5.74) is 0. The lowest BCUT2D eigenvalue weighted by molar-refractivity contribution is -0.926. The van der Waals surface area contributed by atoms with Crippen LogP contribution < -0.4 is 4.90 Å². The first-order valence-corrected chi connectivity index (χ1v) is 11.4. The Morgan fingerprint density at radius 2 is 1.59 bits per heavy atom. The number of rotatable bonds is 4. The fourth-order valence-electron chi connectivity index (χ4n) is 4.52. The maximum Gasteiger partial charge on any atom is 0.280 e. The first-order chi connectivity index (χ1) is 12.8. The van der Waals surface area contributed by atoms with Crippen molar-refractivity contribution in [2.75, 3.05) is 39.3 Å². The lowest BCUT2D eigenvalue weighted by Crippen LogP contribution is -3.18. The highest BCUT2D eigenvalue weighted by Gasteiger charge is 2.37. The number of nitrogens with zero attached hydrogens (tertiary/aromatic N) is 2. The van der Waals surface area contributed by atoms with Crippen molar-refractivity contribution in [3.05, 3.63) is 30.3 Å². The zero-order valence-corrected chi connectivity index (χ0v) is 17.4. The molecule has 0 radical (unpaired) electrons. The summed E-state index contributed by atoms with van der Waals surface area (Å²) in [5, 5.41) is 0. The van der Waals surface area contributed by atoms with Crippen LogP contribution in [-0.4, -0.2) is 68.8 Å². The Balaban J connectivity index is 1.59. The minimum absolute atomic E-state index is 0.0625. The highest BCUT2D eigenvalue weighted by molar-refractivity contribution is 7.89. The van der Waals surface area contributed by atoms with Gasteiger partial charge in [-0.3, -0.25) is 4.79 Å². The van der Waals surface area contributed by atoms with Crippen LogP contribution in [0.15, 0.2) is 35.2 Å². The van der Waals surface area contributed by atoms with Crippen LogP contribution in [0.25, 0.3) is 0 Å². The minimum Gasteiger partial charge on any atom is -0.335 e. The molecule has 0 saturated carbocycles. The Bertz CT molecular complexity index is 735. The average molecular weight is 395 g/mol. The van der Waals surface area contributed by atoms with Gasteiger partial charge in [-0.05, 0) is 25.5 Å². The third-order valence-electron chi connectivity index (χ3n) is 5.94. The van der Waals surface area contributed by atoms with Crippen LogP contribution in [0.2, 0.25) is 0 Å². The summed E-state index contributed by atoms with van der Waals surface area (Å²) in [6.45, 7) is 10.3. The molecule has 1 amide bonds. The van der Waals surface area contributed by atoms with Crippen LogP contribution in [0, 0.1) is 11.8 Å². The molecule has 2 heterocycles. The van der Waals surface area contributed by atoms with E-state index in [0.717, 1.165) is 13.1 Å². The fraction of sp³-hybridized carbons (Fsp3) is 0.650. The van der Waals surface area contributed by atoms with E-state index in [1.807, 2.05) is 17.9 Å². The van der Waals surface area contributed by atoms with Gasteiger partial charge in [-0.25, -0.2) is 8.42 Å². The minimum atomic E-state index is -3.48. The summed E-state index contributed by atoms with van der Waals surface area (Å²) in [7, 11) is -3.48. The lowest BCUT2D eigenvalue weighted by atomic mass is 9.91. The molecule has 2 fully saturated rings. The molecule has 6 nitrogen and oxygen atoms in total. The van der Waals surface area contributed by atoms with E-state index in [-0.39, 0.29) is 11.9 Å². The predicted molar refractivity (Wildman–Crippen MR) is 105 cm³/mol. The van der Waals surface area contributed by atoms with E-state index in [1.165, 1.54) is 15.6 Å². The molecular formula is C20H32N3O3S+. The number of hydrogen-bond donors (Lipinski definition) is 1. The first-order valence-electron chi connectivity index (χ1n) is 9.97. The summed E-state index contributed by atoms with van der Waals surface area (Å²) < 4.78 is 27.0. The Kier molecular flexibility index (Phi) is 6.23. The molecular weight excluding hydrogens is 362 g/mol. The van der Waals surface area contributed by atoms with Gasteiger partial charge in [0.05, 0.1) is 18.0 Å². The molecule has 0 aromatic heterocycles. The van der Waals surface area contributed by atoms with Gasteiger partial charge in [-0.15, -0.1) is 0 Å². The van der Waals surface area contributed by atoms with Crippen molar-refractivity contribution in [3.63, 3.8) is 0 Å². The number of piperidine rings is 1. The van der Waals surface area contributed by atoms with E-state index < -0.39 is 10.0 Å². The van der Waals surface area contributed by atoms with Crippen LogP contribution in [0.4, 0.5) is 0 Å². The molecule has 2 aliphatic heterocycles. The van der Waals surface area contributed by atoms with Crippen molar-refractivity contribution in [1.29, 1.82) is 0 Å². The van der Waals surface area contributed by atoms with Gasteiger partial charge >= 0.3 is 0 Å². The molecule has 3 atom stereocenters. The van der Waals surface area contributed by atoms with Gasteiger partial charge in [-0.1, -0.05) is 32.0 Å². The SMILES string of the molecule is C[C@@H]1C[C@@H](C)C[NH+]([C@@H](C)C(=O)N2CCN(S(=O)(=O)c3ccccc3)CC2)C1. The van der Waals surface area contributed by atoms with Gasteiger partial charge in [0.25, 0.3) is 5.91 Å². The van der Waals surface area contributed by atoms with E-state index in [1.54, 1.807) is 24.3 Å². The first kappa shape index (κ1) is 20.3. The lowest BCUT2D eigenvalue weighted by Gasteiger charge is -2.39. The molecule has 2 saturated heterocycles. The largest absolute Gasteiger partial charge is 0.335 e. The van der Waals surface area contributed by atoms with Gasteiger partial charge in [0.15, 0.2) is 6.04 Å². The van der Waals surface area contributed by atoms with E-state index >= 15 is 0 Å². The maximum absolute atomic E-state index is 13.0. The number of quaternary nitrogens is 1. The van der Waals surface area contributed by atoms with Gasteiger partial charge < -0.3 is 9.80 Å². The molecule has 1 aromatic carbocycles. The van der Waals surface area contributed by atoms with Crippen molar-refractivity contribution in [1.82, 2.24) is 9.21 Å². The second-order valence-electron chi connectivity index (χ2n) is 8.28. The molecule has 3 rings (SSSR count). The van der Waals surface area contributed by atoms with E-state index in [9.17, 15) is 13.2 Å². The number of carbonyl (C=O) groups is 1. The molecule has 0 aliphatic carbocycles. The smallest absolute Gasteiger partial charge is 0.280 e. The molecule has 7 heteroatoms. The Morgan fingerprint density at radius 1 is 1.04 bits per heavy atom. The molecule has 0 unspecified atom stereocenters. The number of piperazine rings is 1. The Morgan fingerprint density at radius 3 is 2.15 bits per heavy atom. The molecule has 27 heavy (non-hydrogen) atoms. The zero-order chi connectivity index (χ0) is 19.6. The topological polar surface area (TPSA) is 62.1 Å². The van der Waals surface area contributed by atoms with Crippen LogP contribution in [0.3, 0.4) is 0 Å². The van der Waals surface area contributed by atoms with E-state index in [2.05, 4.69) is 13.8 Å². The predicted octanol–water partition coefficient (Wildman–Crippen LogP) is 0.469. The average Bonchev–Trinajstić information content (AvgIpc) is 2.67. The Labute approximate surface area is 163 Å². The fourth-order valence-corrected chi connectivity index (χ4v) is 5.97. The second-order valence-corrected chi connectivity index (χ2v) is 10.2. The van der Waals surface area contributed by atoms with Crippen LogP contribution in [-0.2, 0) is 14.8 Å². The molecule has 1 aromatic rings. The van der Waals surface area contributed by atoms with Crippen molar-refractivity contribution in [2.45, 2.75) is 38.1 Å². The number of likely N-dealkylation sites (tertiary alicyclic amines) is 1. The number of hydrogen-bond acceptors (Lipinski definition) is 3. The Hall–Kier alpha value is -1.44. The summed E-state index contributed by atoms with van der Waals surface area (Å²) in [4.78, 5) is 16.5. The monoisotopic (exact) mass is 394 g/mol. The van der Waals surface area contributed by atoms with Crippen molar-refractivity contribution < 1.29 is 18.1 Å². The number of nitrogens with one attached hydrogen (secondary N) is 1. The number of amides is 1. The third-order valence-corrected chi connectivity index (χ3v) is 7.85. The molecule has 2 aliphatic rings. The molecule has 0 bridgehead atoms. The van der Waals surface area contributed by atoms with Gasteiger partial charge in [0, 0.05) is 38.0 Å². The maximum atomic E-state index is 13.0. The highest BCUT2D eigenvalue weighted by atomic mass is 32.2. The quantitative estimate of drug-likeness (QED) is 0.808. The number of sulfonamides is 1. The molecule has 150 valence electrons. The van der Waals surface area contributed by atoms with Gasteiger partial charge in [0.2, 0.25) is 10.0 Å². The van der Waals surface area contributed by atoms with Crippen LogP contribution in [0.1, 0.15) is 27.2 Å². The summed E-state index contributed by atoms with van der Waals surface area (Å²) in [6.07, 6.45) is 1.24.